The summed E-state index contributed by atoms with van der Waals surface area (Å²) in [5.74, 6) is -0.613. The molecule has 0 fully saturated rings. The summed E-state index contributed by atoms with van der Waals surface area (Å²) in [6, 6.07) is 4.00. The molecular formula is C11H10N4O4S. The summed E-state index contributed by atoms with van der Waals surface area (Å²) in [6.45, 7) is 1.85. The van der Waals surface area contributed by atoms with Crippen LogP contribution in [0.2, 0.25) is 0 Å². The average Bonchev–Trinajstić information content (AvgIpc) is 2.92. The lowest BCUT2D eigenvalue weighted by Gasteiger charge is -2.06. The fraction of sp³-hybridized carbons (Fsp3) is 0.182. The zero-order valence-corrected chi connectivity index (χ0v) is 11.2. The SMILES string of the molecule is CCOC(=O)c1cc([N+](=O)[O-])ccc1Sc1ncn[nH]1. The lowest BCUT2D eigenvalue weighted by molar-refractivity contribution is -0.384. The molecule has 0 radical (unpaired) electrons. The molecule has 0 saturated heterocycles. The monoisotopic (exact) mass is 294 g/mol. The minimum absolute atomic E-state index is 0.127. The van der Waals surface area contributed by atoms with Crippen molar-refractivity contribution in [1.29, 1.82) is 0 Å². The fourth-order valence-electron chi connectivity index (χ4n) is 1.44. The van der Waals surface area contributed by atoms with Crippen LogP contribution < -0.4 is 0 Å². The molecule has 0 saturated carbocycles. The number of hydrogen-bond donors (Lipinski definition) is 1. The smallest absolute Gasteiger partial charge is 0.339 e. The van der Waals surface area contributed by atoms with E-state index in [4.69, 9.17) is 4.74 Å². The number of ether oxygens (including phenoxy) is 1. The van der Waals surface area contributed by atoms with Crippen molar-refractivity contribution in [2.45, 2.75) is 17.0 Å². The second kappa shape index (κ2) is 6.15. The molecule has 0 bridgehead atoms. The Morgan fingerprint density at radius 3 is 2.95 bits per heavy atom. The van der Waals surface area contributed by atoms with E-state index in [2.05, 4.69) is 15.2 Å². The lowest BCUT2D eigenvalue weighted by atomic mass is 10.2. The number of carbonyl (C=O) groups excluding carboxylic acids is 1. The summed E-state index contributed by atoms with van der Waals surface area (Å²) in [7, 11) is 0. The second-order valence-corrected chi connectivity index (χ2v) is 4.58. The summed E-state index contributed by atoms with van der Waals surface area (Å²) in [4.78, 5) is 26.5. The number of nitrogens with zero attached hydrogens (tertiary/aromatic N) is 3. The van der Waals surface area contributed by atoms with Gasteiger partial charge in [0.05, 0.1) is 17.1 Å². The van der Waals surface area contributed by atoms with Crippen LogP contribution in [-0.4, -0.2) is 32.7 Å². The molecule has 2 aromatic rings. The first-order chi connectivity index (χ1) is 9.61. The molecule has 0 amide bonds. The molecule has 2 rings (SSSR count). The third kappa shape index (κ3) is 3.12. The van der Waals surface area contributed by atoms with Crippen LogP contribution in [0.5, 0.6) is 0 Å². The van der Waals surface area contributed by atoms with Crippen molar-refractivity contribution in [2.75, 3.05) is 6.61 Å². The zero-order chi connectivity index (χ0) is 14.5. The molecular weight excluding hydrogens is 284 g/mol. The Hall–Kier alpha value is -2.42. The number of rotatable bonds is 5. The van der Waals surface area contributed by atoms with Crippen LogP contribution in [0.15, 0.2) is 34.6 Å². The third-order valence-electron chi connectivity index (χ3n) is 2.27. The second-order valence-electron chi connectivity index (χ2n) is 3.55. The van der Waals surface area contributed by atoms with Crippen molar-refractivity contribution in [3.05, 3.63) is 40.2 Å². The Bertz CT molecular complexity index is 629. The first-order valence-corrected chi connectivity index (χ1v) is 6.42. The van der Waals surface area contributed by atoms with Gasteiger partial charge >= 0.3 is 5.97 Å². The molecule has 0 aliphatic heterocycles. The number of non-ortho nitro benzene ring substituents is 1. The van der Waals surface area contributed by atoms with Gasteiger partial charge in [-0.05, 0) is 24.8 Å². The summed E-state index contributed by atoms with van der Waals surface area (Å²) in [5.41, 5.74) is -0.0441. The molecule has 1 N–H and O–H groups in total. The van der Waals surface area contributed by atoms with Crippen molar-refractivity contribution in [1.82, 2.24) is 15.2 Å². The van der Waals surface area contributed by atoms with E-state index in [0.717, 1.165) is 11.8 Å². The topological polar surface area (TPSA) is 111 Å². The summed E-state index contributed by atoms with van der Waals surface area (Å²) >= 11 is 1.14. The van der Waals surface area contributed by atoms with Gasteiger partial charge < -0.3 is 4.74 Å². The van der Waals surface area contributed by atoms with Gasteiger partial charge in [0.1, 0.15) is 6.33 Å². The van der Waals surface area contributed by atoms with E-state index in [-0.39, 0.29) is 17.9 Å². The number of nitrogens with one attached hydrogen (secondary N) is 1. The molecule has 20 heavy (non-hydrogen) atoms. The molecule has 8 nitrogen and oxygen atoms in total. The summed E-state index contributed by atoms with van der Waals surface area (Å²) in [6.07, 6.45) is 1.33. The van der Waals surface area contributed by atoms with Gasteiger partial charge in [-0.1, -0.05) is 0 Å². The molecule has 1 aromatic carbocycles. The molecule has 1 aromatic heterocycles. The molecule has 0 aliphatic carbocycles. The molecule has 0 spiro atoms. The van der Waals surface area contributed by atoms with Crippen LogP contribution >= 0.6 is 11.8 Å². The minimum Gasteiger partial charge on any atom is -0.462 e. The summed E-state index contributed by atoms with van der Waals surface area (Å²) in [5, 5.41) is 17.6. The van der Waals surface area contributed by atoms with Gasteiger partial charge in [-0.15, -0.1) is 0 Å². The molecule has 104 valence electrons. The van der Waals surface area contributed by atoms with Gasteiger partial charge in [0, 0.05) is 17.0 Å². The van der Waals surface area contributed by atoms with E-state index >= 15 is 0 Å². The van der Waals surface area contributed by atoms with E-state index < -0.39 is 10.9 Å². The minimum atomic E-state index is -0.613. The Morgan fingerprint density at radius 1 is 1.55 bits per heavy atom. The van der Waals surface area contributed by atoms with E-state index in [1.807, 2.05) is 0 Å². The van der Waals surface area contributed by atoms with E-state index in [1.165, 1.54) is 24.5 Å². The Balaban J connectivity index is 2.38. The largest absolute Gasteiger partial charge is 0.462 e. The highest BCUT2D eigenvalue weighted by Gasteiger charge is 2.19. The Labute approximate surface area is 117 Å². The number of nitro groups is 1. The van der Waals surface area contributed by atoms with Gasteiger partial charge in [-0.25, -0.2) is 9.78 Å². The number of hydrogen-bond acceptors (Lipinski definition) is 7. The highest BCUT2D eigenvalue weighted by molar-refractivity contribution is 7.99. The lowest BCUT2D eigenvalue weighted by Crippen LogP contribution is -2.07. The first-order valence-electron chi connectivity index (χ1n) is 5.60. The van der Waals surface area contributed by atoms with Crippen LogP contribution in [0.25, 0.3) is 0 Å². The van der Waals surface area contributed by atoms with Crippen LogP contribution in [0.3, 0.4) is 0 Å². The van der Waals surface area contributed by atoms with Crippen LogP contribution in [0.1, 0.15) is 17.3 Å². The van der Waals surface area contributed by atoms with Crippen molar-refractivity contribution in [3.8, 4) is 0 Å². The van der Waals surface area contributed by atoms with Gasteiger partial charge in [-0.2, -0.15) is 5.10 Å². The molecule has 0 unspecified atom stereocenters. The van der Waals surface area contributed by atoms with Crippen molar-refractivity contribution in [3.63, 3.8) is 0 Å². The van der Waals surface area contributed by atoms with Crippen molar-refractivity contribution < 1.29 is 14.5 Å². The highest BCUT2D eigenvalue weighted by Crippen LogP contribution is 2.30. The van der Waals surface area contributed by atoms with E-state index in [0.29, 0.717) is 10.1 Å². The molecule has 1 heterocycles. The predicted octanol–water partition coefficient (Wildman–Crippen LogP) is 2.04. The number of carbonyl (C=O) groups is 1. The zero-order valence-electron chi connectivity index (χ0n) is 10.4. The van der Waals surface area contributed by atoms with Crippen LogP contribution in [0.4, 0.5) is 5.69 Å². The first kappa shape index (κ1) is 14.0. The Kier molecular flexibility index (Phi) is 4.31. The van der Waals surface area contributed by atoms with Crippen LogP contribution in [-0.2, 0) is 4.74 Å². The standard InChI is InChI=1S/C11H10N4O4S/c1-2-19-10(16)8-5-7(15(17)18)3-4-9(8)20-11-12-6-13-14-11/h3-6H,2H2,1H3,(H,12,13,14). The number of aromatic amines is 1. The normalized spacial score (nSPS) is 10.2. The number of aromatic nitrogens is 3. The number of esters is 1. The van der Waals surface area contributed by atoms with Crippen LogP contribution in [0, 0.1) is 10.1 Å². The predicted molar refractivity (Wildman–Crippen MR) is 69.6 cm³/mol. The third-order valence-corrected chi connectivity index (χ3v) is 3.23. The summed E-state index contributed by atoms with van der Waals surface area (Å²) < 4.78 is 4.90. The van der Waals surface area contributed by atoms with Crippen molar-refractivity contribution >= 4 is 23.4 Å². The number of benzene rings is 1. The average molecular weight is 294 g/mol. The van der Waals surface area contributed by atoms with Gasteiger partial charge in [0.15, 0.2) is 5.16 Å². The quantitative estimate of drug-likeness (QED) is 0.510. The highest BCUT2D eigenvalue weighted by atomic mass is 32.2. The van der Waals surface area contributed by atoms with E-state index in [9.17, 15) is 14.9 Å². The van der Waals surface area contributed by atoms with E-state index in [1.54, 1.807) is 6.92 Å². The molecule has 0 atom stereocenters. The maximum absolute atomic E-state index is 11.9. The maximum atomic E-state index is 11.9. The molecule has 9 heteroatoms. The molecule has 0 aliphatic rings. The fourth-order valence-corrected chi connectivity index (χ4v) is 2.23. The number of nitro benzene ring substituents is 1. The van der Waals surface area contributed by atoms with Gasteiger partial charge in [0.2, 0.25) is 0 Å². The van der Waals surface area contributed by atoms with Gasteiger partial charge in [-0.3, -0.25) is 15.2 Å². The van der Waals surface area contributed by atoms with Crippen molar-refractivity contribution in [2.24, 2.45) is 0 Å². The number of H-pyrrole nitrogens is 1. The van der Waals surface area contributed by atoms with Gasteiger partial charge in [0.25, 0.3) is 5.69 Å². The Morgan fingerprint density at radius 2 is 2.35 bits per heavy atom. The maximum Gasteiger partial charge on any atom is 0.339 e.